The molecule has 1 fully saturated rings. The zero-order valence-corrected chi connectivity index (χ0v) is 21.8. The van der Waals surface area contributed by atoms with Crippen molar-refractivity contribution in [1.29, 1.82) is 0 Å². The molecule has 0 unspecified atom stereocenters. The third-order valence-electron chi connectivity index (χ3n) is 7.22. The molecule has 1 saturated heterocycles. The van der Waals surface area contributed by atoms with Crippen LogP contribution in [0.5, 0.6) is 5.75 Å². The molecule has 2 aromatic carbocycles. The van der Waals surface area contributed by atoms with Crippen molar-refractivity contribution in [3.05, 3.63) is 41.5 Å². The summed E-state index contributed by atoms with van der Waals surface area (Å²) in [6.07, 6.45) is 2.94. The number of piperidine rings is 1. The lowest BCUT2D eigenvalue weighted by atomic mass is 9.87. The van der Waals surface area contributed by atoms with E-state index in [2.05, 4.69) is 42.2 Å². The highest BCUT2D eigenvalue weighted by atomic mass is 32.2. The highest BCUT2D eigenvalue weighted by Gasteiger charge is 2.45. The Hall–Kier alpha value is -2.34. The normalized spacial score (nSPS) is 21.6. The number of anilines is 1. The first-order chi connectivity index (χ1) is 16.3. The molecule has 1 amide bonds. The van der Waals surface area contributed by atoms with Gasteiger partial charge in [0, 0.05) is 36.5 Å². The van der Waals surface area contributed by atoms with E-state index in [0.717, 1.165) is 44.0 Å². The van der Waals surface area contributed by atoms with Gasteiger partial charge in [-0.3, -0.25) is 0 Å². The maximum absolute atomic E-state index is 12.9. The summed E-state index contributed by atoms with van der Waals surface area (Å²) in [5.41, 5.74) is 6.20. The van der Waals surface area contributed by atoms with E-state index in [9.17, 15) is 4.79 Å². The van der Waals surface area contributed by atoms with Crippen LogP contribution in [0.4, 0.5) is 10.5 Å². The summed E-state index contributed by atoms with van der Waals surface area (Å²) in [6, 6.07) is 11.7. The first-order valence-corrected chi connectivity index (χ1v) is 13.5. The second kappa shape index (κ2) is 9.03. The number of aryl methyl sites for hydroxylation is 1. The molecule has 0 spiro atoms. The Morgan fingerprint density at radius 1 is 1.18 bits per heavy atom. The first kappa shape index (κ1) is 23.4. The van der Waals surface area contributed by atoms with E-state index < -0.39 is 5.60 Å². The standard InChI is InChI=1S/C28H36N2O3S/c1-6-18-14-20(32-5)8-9-21(18)19-15-22-23-17-29(27(31)33-28(2,3)4)12-10-24(23)30-11-7-13-34-25(16-19)26(22)30/h8-9,14-16,23-24H,6-7,10-13,17H2,1-5H3/t23-,24-/m0/s1. The van der Waals surface area contributed by atoms with Crippen molar-refractivity contribution in [1.82, 2.24) is 4.90 Å². The third kappa shape index (κ3) is 4.26. The van der Waals surface area contributed by atoms with Crippen LogP contribution in [0.1, 0.15) is 57.6 Å². The zero-order valence-electron chi connectivity index (χ0n) is 21.0. The predicted molar refractivity (Wildman–Crippen MR) is 139 cm³/mol. The van der Waals surface area contributed by atoms with Gasteiger partial charge in [-0.1, -0.05) is 13.0 Å². The molecule has 0 N–H and O–H groups in total. The second-order valence-electron chi connectivity index (χ2n) is 10.6. The molecule has 6 heteroatoms. The van der Waals surface area contributed by atoms with Gasteiger partial charge in [-0.2, -0.15) is 0 Å². The number of methoxy groups -OCH3 is 1. The summed E-state index contributed by atoms with van der Waals surface area (Å²) < 4.78 is 11.2. The third-order valence-corrected chi connectivity index (χ3v) is 8.34. The van der Waals surface area contributed by atoms with Crippen LogP contribution in [0.2, 0.25) is 0 Å². The number of benzene rings is 2. The molecule has 2 aromatic rings. The fourth-order valence-electron chi connectivity index (χ4n) is 5.73. The number of thioether (sulfide) groups is 1. The van der Waals surface area contributed by atoms with Gasteiger partial charge in [0.2, 0.25) is 0 Å². The topological polar surface area (TPSA) is 42.0 Å². The minimum absolute atomic E-state index is 0.188. The number of fused-ring (bicyclic) bond motifs is 3. The molecule has 5 nitrogen and oxygen atoms in total. The Balaban J connectivity index is 1.55. The lowest BCUT2D eigenvalue weighted by molar-refractivity contribution is 0.0189. The molecule has 34 heavy (non-hydrogen) atoms. The maximum Gasteiger partial charge on any atom is 0.410 e. The number of rotatable bonds is 3. The number of hydrogen-bond donors (Lipinski definition) is 0. The summed E-state index contributed by atoms with van der Waals surface area (Å²) in [4.78, 5) is 18.9. The molecule has 0 saturated carbocycles. The van der Waals surface area contributed by atoms with Crippen LogP contribution in [0, 0.1) is 0 Å². The maximum atomic E-state index is 12.9. The van der Waals surface area contributed by atoms with Crippen LogP contribution < -0.4 is 9.64 Å². The molecule has 0 aromatic heterocycles. The number of nitrogens with zero attached hydrogens (tertiary/aromatic N) is 2. The Kier molecular flexibility index (Phi) is 6.21. The van der Waals surface area contributed by atoms with Gasteiger partial charge in [-0.05, 0) is 92.3 Å². The minimum Gasteiger partial charge on any atom is -0.497 e. The van der Waals surface area contributed by atoms with Crippen molar-refractivity contribution >= 4 is 23.5 Å². The highest BCUT2D eigenvalue weighted by molar-refractivity contribution is 7.99. The molecular formula is C28H36N2O3S. The fraction of sp³-hybridized carbons (Fsp3) is 0.536. The minimum atomic E-state index is -0.476. The molecule has 0 aliphatic carbocycles. The second-order valence-corrected chi connectivity index (χ2v) is 11.7. The van der Waals surface area contributed by atoms with E-state index in [1.54, 1.807) is 7.11 Å². The number of ether oxygens (including phenoxy) is 2. The quantitative estimate of drug-likeness (QED) is 0.513. The highest BCUT2D eigenvalue weighted by Crippen LogP contribution is 2.52. The molecular weight excluding hydrogens is 444 g/mol. The lowest BCUT2D eigenvalue weighted by Crippen LogP contribution is -2.49. The molecule has 0 radical (unpaired) electrons. The van der Waals surface area contributed by atoms with Gasteiger partial charge in [0.05, 0.1) is 12.8 Å². The van der Waals surface area contributed by atoms with Crippen molar-refractivity contribution in [2.75, 3.05) is 37.4 Å². The van der Waals surface area contributed by atoms with E-state index in [1.807, 2.05) is 37.4 Å². The van der Waals surface area contributed by atoms with Crippen LogP contribution >= 0.6 is 11.8 Å². The van der Waals surface area contributed by atoms with Gasteiger partial charge in [0.1, 0.15) is 11.4 Å². The Morgan fingerprint density at radius 3 is 2.74 bits per heavy atom. The van der Waals surface area contributed by atoms with E-state index in [-0.39, 0.29) is 6.09 Å². The summed E-state index contributed by atoms with van der Waals surface area (Å²) in [7, 11) is 1.72. The van der Waals surface area contributed by atoms with E-state index >= 15 is 0 Å². The van der Waals surface area contributed by atoms with Gasteiger partial charge in [0.25, 0.3) is 0 Å². The van der Waals surface area contributed by atoms with Crippen molar-refractivity contribution in [3.8, 4) is 16.9 Å². The number of likely N-dealkylation sites (tertiary alicyclic amines) is 1. The molecule has 5 rings (SSSR count). The van der Waals surface area contributed by atoms with Crippen LogP contribution in [-0.4, -0.2) is 55.1 Å². The molecule has 3 heterocycles. The number of hydrogen-bond acceptors (Lipinski definition) is 5. The average Bonchev–Trinajstić information content (AvgIpc) is 2.96. The average molecular weight is 481 g/mol. The van der Waals surface area contributed by atoms with Crippen LogP contribution in [0.25, 0.3) is 11.1 Å². The van der Waals surface area contributed by atoms with Gasteiger partial charge < -0.3 is 19.3 Å². The van der Waals surface area contributed by atoms with Crippen molar-refractivity contribution < 1.29 is 14.3 Å². The number of amides is 1. The smallest absolute Gasteiger partial charge is 0.410 e. The van der Waals surface area contributed by atoms with Gasteiger partial charge in [0.15, 0.2) is 0 Å². The number of carbonyl (C=O) groups is 1. The summed E-state index contributed by atoms with van der Waals surface area (Å²) in [5.74, 6) is 2.37. The van der Waals surface area contributed by atoms with Crippen molar-refractivity contribution in [2.45, 2.75) is 69.4 Å². The molecule has 2 atom stereocenters. The van der Waals surface area contributed by atoms with E-state index in [0.29, 0.717) is 12.0 Å². The van der Waals surface area contributed by atoms with E-state index in [1.165, 1.54) is 39.3 Å². The van der Waals surface area contributed by atoms with Gasteiger partial charge in [-0.15, -0.1) is 11.8 Å². The first-order valence-electron chi connectivity index (χ1n) is 12.5. The SMILES string of the molecule is CCc1cc(OC)ccc1-c1cc2c3c(c1)[C@@H]1CN(C(=O)OC(C)(C)C)CC[C@@H]1N3CCCS2. The molecule has 0 bridgehead atoms. The zero-order chi connectivity index (χ0) is 24.0. The summed E-state index contributed by atoms with van der Waals surface area (Å²) >= 11 is 1.99. The van der Waals surface area contributed by atoms with E-state index in [4.69, 9.17) is 9.47 Å². The lowest BCUT2D eigenvalue weighted by Gasteiger charge is -2.39. The fourth-order valence-corrected chi connectivity index (χ4v) is 6.80. The monoisotopic (exact) mass is 480 g/mol. The van der Waals surface area contributed by atoms with Gasteiger partial charge in [-0.25, -0.2) is 4.79 Å². The molecule has 3 aliphatic heterocycles. The largest absolute Gasteiger partial charge is 0.497 e. The Labute approximate surface area is 207 Å². The van der Waals surface area contributed by atoms with Gasteiger partial charge >= 0.3 is 6.09 Å². The van der Waals surface area contributed by atoms with Crippen LogP contribution in [-0.2, 0) is 11.2 Å². The van der Waals surface area contributed by atoms with Crippen molar-refractivity contribution in [2.24, 2.45) is 0 Å². The summed E-state index contributed by atoms with van der Waals surface area (Å²) in [6.45, 7) is 10.6. The summed E-state index contributed by atoms with van der Waals surface area (Å²) in [5, 5.41) is 0. The molecule has 3 aliphatic rings. The Bertz CT molecular complexity index is 1090. The number of carbonyl (C=O) groups excluding carboxylic acids is 1. The molecule has 182 valence electrons. The predicted octanol–water partition coefficient (Wildman–Crippen LogP) is 6.33. The van der Waals surface area contributed by atoms with Crippen molar-refractivity contribution in [3.63, 3.8) is 0 Å². The van der Waals surface area contributed by atoms with Crippen LogP contribution in [0.15, 0.2) is 35.2 Å². The Morgan fingerprint density at radius 2 is 2.00 bits per heavy atom. The van der Waals surface area contributed by atoms with Crippen LogP contribution in [0.3, 0.4) is 0 Å².